The first-order valence-corrected chi connectivity index (χ1v) is 17.5. The van der Waals surface area contributed by atoms with Crippen LogP contribution in [0.4, 0.5) is 11.5 Å². The van der Waals surface area contributed by atoms with E-state index < -0.39 is 0 Å². The summed E-state index contributed by atoms with van der Waals surface area (Å²) in [6.07, 6.45) is 9.53. The molecular weight excluding hydrogens is 562 g/mol. The maximum Gasteiger partial charge on any atom is 0.249 e. The number of benzene rings is 1. The van der Waals surface area contributed by atoms with Gasteiger partial charge in [0.1, 0.15) is 11.8 Å². The van der Waals surface area contributed by atoms with Crippen LogP contribution < -0.4 is 14.5 Å². The number of likely N-dealkylation sites (N-methyl/N-ethyl adjacent to an activating group) is 1. The molecule has 3 fully saturated rings. The van der Waals surface area contributed by atoms with E-state index in [1.807, 2.05) is 37.4 Å². The summed E-state index contributed by atoms with van der Waals surface area (Å²) in [6, 6.07) is 10.5. The SMILES string of the molecule is CC[C@@H]1C(=O)N(C)c2ccc(Cc3ccc(C(=O)C[C@H]4CC[C@H](N5CCN(CC6CC6)CC5)CC4)cc3OC)nc2N1C(C)C. The third kappa shape index (κ3) is 7.07. The molecule has 244 valence electrons. The third-order valence-electron chi connectivity index (χ3n) is 10.8. The average Bonchev–Trinajstić information content (AvgIpc) is 3.87. The molecule has 8 heteroatoms. The van der Waals surface area contributed by atoms with E-state index in [2.05, 4.69) is 35.5 Å². The number of pyridine rings is 1. The quantitative estimate of drug-likeness (QED) is 0.296. The Balaban J connectivity index is 1.06. The first-order chi connectivity index (χ1) is 21.7. The predicted molar refractivity (Wildman–Crippen MR) is 181 cm³/mol. The van der Waals surface area contributed by atoms with E-state index in [0.29, 0.717) is 24.8 Å². The Kier molecular flexibility index (Phi) is 9.81. The van der Waals surface area contributed by atoms with Crippen LogP contribution in [0.5, 0.6) is 5.75 Å². The minimum Gasteiger partial charge on any atom is -0.496 e. The van der Waals surface area contributed by atoms with E-state index in [0.717, 1.165) is 59.3 Å². The summed E-state index contributed by atoms with van der Waals surface area (Å²) < 4.78 is 5.80. The molecular formula is C37H53N5O3. The average molecular weight is 616 g/mol. The first-order valence-electron chi connectivity index (χ1n) is 17.5. The highest BCUT2D eigenvalue weighted by Gasteiger charge is 2.38. The smallest absolute Gasteiger partial charge is 0.249 e. The molecule has 3 heterocycles. The Bertz CT molecular complexity index is 1360. The van der Waals surface area contributed by atoms with Gasteiger partial charge in [-0.05, 0) is 88.8 Å². The Morgan fingerprint density at radius 2 is 1.69 bits per heavy atom. The van der Waals surface area contributed by atoms with E-state index in [9.17, 15) is 9.59 Å². The number of rotatable bonds is 11. The minimum absolute atomic E-state index is 0.112. The van der Waals surface area contributed by atoms with Crippen molar-refractivity contribution >= 4 is 23.2 Å². The number of amides is 1. The highest BCUT2D eigenvalue weighted by Crippen LogP contribution is 2.37. The van der Waals surface area contributed by atoms with E-state index in [4.69, 9.17) is 9.72 Å². The van der Waals surface area contributed by atoms with Crippen molar-refractivity contribution in [2.75, 3.05) is 56.7 Å². The lowest BCUT2D eigenvalue weighted by molar-refractivity contribution is -0.120. The van der Waals surface area contributed by atoms with Crippen LogP contribution in [0.3, 0.4) is 0 Å². The molecule has 0 unspecified atom stereocenters. The van der Waals surface area contributed by atoms with Crippen LogP contribution in [0.25, 0.3) is 0 Å². The molecule has 2 aliphatic heterocycles. The van der Waals surface area contributed by atoms with Crippen molar-refractivity contribution in [2.45, 2.75) is 96.7 Å². The van der Waals surface area contributed by atoms with Crippen LogP contribution in [-0.4, -0.2) is 91.5 Å². The van der Waals surface area contributed by atoms with Gasteiger partial charge in [-0.3, -0.25) is 14.5 Å². The van der Waals surface area contributed by atoms with Crippen LogP contribution in [0.1, 0.15) is 93.8 Å². The summed E-state index contributed by atoms with van der Waals surface area (Å²) in [6.45, 7) is 12.5. The van der Waals surface area contributed by atoms with Crippen LogP contribution in [0.2, 0.25) is 0 Å². The fourth-order valence-electron chi connectivity index (χ4n) is 7.95. The Labute approximate surface area is 270 Å². The number of carbonyl (C=O) groups excluding carboxylic acids is 2. The number of hydrogen-bond donors (Lipinski definition) is 0. The highest BCUT2D eigenvalue weighted by atomic mass is 16.5. The lowest BCUT2D eigenvalue weighted by Gasteiger charge is -2.42. The van der Waals surface area contributed by atoms with Gasteiger partial charge < -0.3 is 19.4 Å². The lowest BCUT2D eigenvalue weighted by atomic mass is 9.81. The van der Waals surface area contributed by atoms with Gasteiger partial charge in [0.15, 0.2) is 11.6 Å². The van der Waals surface area contributed by atoms with Gasteiger partial charge in [0, 0.05) is 81.5 Å². The molecule has 4 aliphatic rings. The zero-order valence-electron chi connectivity index (χ0n) is 28.1. The second-order valence-electron chi connectivity index (χ2n) is 14.3. The van der Waals surface area contributed by atoms with Gasteiger partial charge in [-0.1, -0.05) is 19.1 Å². The minimum atomic E-state index is -0.215. The van der Waals surface area contributed by atoms with Crippen molar-refractivity contribution in [1.82, 2.24) is 14.8 Å². The number of ether oxygens (including phenoxy) is 1. The lowest BCUT2D eigenvalue weighted by Crippen LogP contribution is -2.54. The van der Waals surface area contributed by atoms with Crippen molar-refractivity contribution in [3.8, 4) is 5.75 Å². The fraction of sp³-hybridized carbons (Fsp3) is 0.649. The van der Waals surface area contributed by atoms with Crippen LogP contribution in [0, 0.1) is 11.8 Å². The molecule has 1 amide bonds. The molecule has 0 bridgehead atoms. The molecule has 1 aromatic carbocycles. The summed E-state index contributed by atoms with van der Waals surface area (Å²) >= 11 is 0. The van der Waals surface area contributed by atoms with E-state index >= 15 is 0 Å². The van der Waals surface area contributed by atoms with Gasteiger partial charge >= 0.3 is 0 Å². The predicted octanol–water partition coefficient (Wildman–Crippen LogP) is 5.81. The maximum absolute atomic E-state index is 13.4. The molecule has 45 heavy (non-hydrogen) atoms. The Morgan fingerprint density at radius 3 is 2.33 bits per heavy atom. The van der Waals surface area contributed by atoms with Gasteiger partial charge in [0.25, 0.3) is 0 Å². The number of ketones is 1. The molecule has 2 aliphatic carbocycles. The van der Waals surface area contributed by atoms with Crippen molar-refractivity contribution in [1.29, 1.82) is 0 Å². The summed E-state index contributed by atoms with van der Waals surface area (Å²) in [5.41, 5.74) is 3.49. The van der Waals surface area contributed by atoms with Gasteiger partial charge in [0.2, 0.25) is 5.91 Å². The number of hydrogen-bond acceptors (Lipinski definition) is 7. The number of methoxy groups -OCH3 is 1. The Hall–Kier alpha value is -2.97. The molecule has 6 rings (SSSR count). The van der Waals surface area contributed by atoms with Crippen LogP contribution >= 0.6 is 0 Å². The number of Topliss-reactive ketones (excluding diaryl/α,β-unsaturated/α-hetero) is 1. The topological polar surface area (TPSA) is 69.2 Å². The number of anilines is 2. The van der Waals surface area contributed by atoms with E-state index in [-0.39, 0.29) is 23.8 Å². The summed E-state index contributed by atoms with van der Waals surface area (Å²) in [4.78, 5) is 40.8. The zero-order chi connectivity index (χ0) is 31.7. The molecule has 8 nitrogen and oxygen atoms in total. The maximum atomic E-state index is 13.4. The molecule has 1 aromatic heterocycles. The van der Waals surface area contributed by atoms with Gasteiger partial charge in [-0.15, -0.1) is 0 Å². The van der Waals surface area contributed by atoms with Crippen molar-refractivity contribution in [2.24, 2.45) is 11.8 Å². The van der Waals surface area contributed by atoms with Crippen molar-refractivity contribution < 1.29 is 14.3 Å². The molecule has 0 radical (unpaired) electrons. The van der Waals surface area contributed by atoms with Gasteiger partial charge in [0.05, 0.1) is 12.8 Å². The summed E-state index contributed by atoms with van der Waals surface area (Å²) in [5.74, 6) is 3.36. The Morgan fingerprint density at radius 1 is 0.978 bits per heavy atom. The summed E-state index contributed by atoms with van der Waals surface area (Å²) in [7, 11) is 3.51. The number of carbonyl (C=O) groups is 2. The number of fused-ring (bicyclic) bond motifs is 1. The summed E-state index contributed by atoms with van der Waals surface area (Å²) in [5, 5.41) is 0. The van der Waals surface area contributed by atoms with Crippen molar-refractivity contribution in [3.63, 3.8) is 0 Å². The number of aromatic nitrogens is 1. The number of piperazine rings is 1. The highest BCUT2D eigenvalue weighted by molar-refractivity contribution is 6.04. The van der Waals surface area contributed by atoms with Gasteiger partial charge in [-0.25, -0.2) is 4.98 Å². The van der Waals surface area contributed by atoms with E-state index in [1.165, 1.54) is 58.4 Å². The molecule has 0 N–H and O–H groups in total. The van der Waals surface area contributed by atoms with Crippen molar-refractivity contribution in [3.05, 3.63) is 47.2 Å². The fourth-order valence-corrected chi connectivity index (χ4v) is 7.95. The van der Waals surface area contributed by atoms with Crippen LogP contribution in [-0.2, 0) is 11.2 Å². The van der Waals surface area contributed by atoms with Gasteiger partial charge in [-0.2, -0.15) is 0 Å². The second kappa shape index (κ2) is 13.8. The first kappa shape index (κ1) is 32.0. The van der Waals surface area contributed by atoms with E-state index in [1.54, 1.807) is 12.0 Å². The molecule has 0 spiro atoms. The molecule has 2 aromatic rings. The largest absolute Gasteiger partial charge is 0.496 e. The number of nitrogens with zero attached hydrogens (tertiary/aromatic N) is 5. The monoisotopic (exact) mass is 615 g/mol. The normalized spacial score (nSPS) is 24.7. The van der Waals surface area contributed by atoms with Crippen LogP contribution in [0.15, 0.2) is 30.3 Å². The molecule has 1 saturated heterocycles. The zero-order valence-corrected chi connectivity index (χ0v) is 28.1. The molecule has 1 atom stereocenters. The third-order valence-corrected chi connectivity index (χ3v) is 10.8. The second-order valence-corrected chi connectivity index (χ2v) is 14.3. The standard InChI is InChI=1S/C37H53N5O3/c1-6-32-37(44)39(4)33-16-13-30(38-36(33)42(32)25(2)3)22-29-12-11-28(23-35(29)45-5)34(43)21-26-9-14-31(15-10-26)41-19-17-40(18-20-41)24-27-7-8-27/h11-13,16,23,25-27,31-32H,6-10,14-15,17-22,24H2,1-5H3/t26-,31-,32-/m1/s1. The molecule has 2 saturated carbocycles.